The average molecular weight is 662 g/mol. The zero-order chi connectivity index (χ0) is 30.9. The van der Waals surface area contributed by atoms with Crippen LogP contribution >= 0.6 is 15.9 Å². The number of benzene rings is 4. The third kappa shape index (κ3) is 7.23. The van der Waals surface area contributed by atoms with E-state index in [1.54, 1.807) is 24.3 Å². The molecule has 9 heteroatoms. The molecule has 0 aliphatic carbocycles. The molecule has 6 nitrogen and oxygen atoms in total. The fourth-order valence-corrected chi connectivity index (χ4v) is 5.41. The number of nitrogens with one attached hydrogen (secondary N) is 1. The number of ether oxygens (including phenoxy) is 2. The summed E-state index contributed by atoms with van der Waals surface area (Å²) in [6.45, 7) is 0.251. The predicted molar refractivity (Wildman–Crippen MR) is 169 cm³/mol. The van der Waals surface area contributed by atoms with Crippen LogP contribution in [-0.4, -0.2) is 35.7 Å². The summed E-state index contributed by atoms with van der Waals surface area (Å²) in [5.74, 6) is -1.03. The largest absolute Gasteiger partial charge is 0.494 e. The lowest BCUT2D eigenvalue weighted by Crippen LogP contribution is -2.48. The van der Waals surface area contributed by atoms with Crippen LogP contribution in [0.25, 0.3) is 6.08 Å². The van der Waals surface area contributed by atoms with E-state index in [9.17, 15) is 13.6 Å². The first-order valence-corrected chi connectivity index (χ1v) is 15.0. The molecular formula is C35H31BrF2N2O4. The number of rotatable bonds is 12. The number of aliphatic imine (C=N–C) groups is 1. The van der Waals surface area contributed by atoms with Gasteiger partial charge in [-0.25, -0.2) is 13.8 Å². The van der Waals surface area contributed by atoms with Crippen molar-refractivity contribution in [3.05, 3.63) is 141 Å². The Kier molecular flexibility index (Phi) is 10.2. The van der Waals surface area contributed by atoms with Crippen molar-refractivity contribution in [3.8, 4) is 5.75 Å². The van der Waals surface area contributed by atoms with E-state index in [0.29, 0.717) is 29.9 Å². The van der Waals surface area contributed by atoms with Gasteiger partial charge in [-0.3, -0.25) is 4.79 Å². The van der Waals surface area contributed by atoms with Gasteiger partial charge in [-0.05, 0) is 42.0 Å². The SMILES string of the molecule is O=C(NCc1ccc(F)cc1F)[C@]1(C/C=C/c2ccccc2)N=C(c2ccc(OCCCO)cc2)O[C@@H]1c1ccccc1Br. The van der Waals surface area contributed by atoms with Gasteiger partial charge in [0.15, 0.2) is 11.6 Å². The Bertz CT molecular complexity index is 1650. The maximum Gasteiger partial charge on any atom is 0.252 e. The van der Waals surface area contributed by atoms with Crippen LogP contribution in [0, 0.1) is 11.6 Å². The highest BCUT2D eigenvalue weighted by Gasteiger charge is 2.53. The molecule has 1 heterocycles. The summed E-state index contributed by atoms with van der Waals surface area (Å²) in [6, 6.07) is 27.5. The molecule has 0 unspecified atom stereocenters. The summed E-state index contributed by atoms with van der Waals surface area (Å²) in [6.07, 6.45) is 3.63. The molecule has 226 valence electrons. The van der Waals surface area contributed by atoms with Crippen LogP contribution in [-0.2, 0) is 16.1 Å². The summed E-state index contributed by atoms with van der Waals surface area (Å²) < 4.78 is 40.9. The van der Waals surface area contributed by atoms with E-state index in [1.807, 2.05) is 66.7 Å². The molecule has 0 aromatic heterocycles. The number of nitrogens with zero attached hydrogens (tertiary/aromatic N) is 1. The molecule has 0 saturated carbocycles. The summed E-state index contributed by atoms with van der Waals surface area (Å²) >= 11 is 3.62. The second-order valence-electron chi connectivity index (χ2n) is 10.2. The monoisotopic (exact) mass is 660 g/mol. The van der Waals surface area contributed by atoms with E-state index >= 15 is 0 Å². The van der Waals surface area contributed by atoms with Crippen LogP contribution in [0.5, 0.6) is 5.75 Å². The molecule has 0 saturated heterocycles. The highest BCUT2D eigenvalue weighted by molar-refractivity contribution is 9.10. The third-order valence-electron chi connectivity index (χ3n) is 7.21. The first-order valence-electron chi connectivity index (χ1n) is 14.2. The molecular weight excluding hydrogens is 630 g/mol. The number of hydrogen-bond donors (Lipinski definition) is 2. The van der Waals surface area contributed by atoms with Crippen molar-refractivity contribution in [2.24, 2.45) is 4.99 Å². The Hall–Kier alpha value is -4.34. The Balaban J connectivity index is 1.54. The van der Waals surface area contributed by atoms with Crippen molar-refractivity contribution in [2.75, 3.05) is 13.2 Å². The minimum atomic E-state index is -1.47. The van der Waals surface area contributed by atoms with Gasteiger partial charge in [-0.1, -0.05) is 82.7 Å². The molecule has 0 radical (unpaired) electrons. The van der Waals surface area contributed by atoms with Gasteiger partial charge in [0.2, 0.25) is 5.90 Å². The van der Waals surface area contributed by atoms with Gasteiger partial charge in [0.1, 0.15) is 17.4 Å². The first kappa shape index (κ1) is 31.1. The van der Waals surface area contributed by atoms with Crippen LogP contribution in [0.1, 0.15) is 41.2 Å². The second kappa shape index (κ2) is 14.4. The molecule has 44 heavy (non-hydrogen) atoms. The molecule has 1 amide bonds. The molecule has 0 bridgehead atoms. The fourth-order valence-electron chi connectivity index (χ4n) is 4.91. The predicted octanol–water partition coefficient (Wildman–Crippen LogP) is 7.17. The number of aliphatic hydroxyl groups is 1. The van der Waals surface area contributed by atoms with Crippen molar-refractivity contribution in [3.63, 3.8) is 0 Å². The third-order valence-corrected chi connectivity index (χ3v) is 7.93. The van der Waals surface area contributed by atoms with Gasteiger partial charge < -0.3 is 19.9 Å². The van der Waals surface area contributed by atoms with Gasteiger partial charge in [-0.2, -0.15) is 0 Å². The normalized spacial score (nSPS) is 17.7. The van der Waals surface area contributed by atoms with Gasteiger partial charge in [0.05, 0.1) is 6.61 Å². The number of hydrogen-bond acceptors (Lipinski definition) is 5. The zero-order valence-electron chi connectivity index (χ0n) is 23.8. The van der Waals surface area contributed by atoms with Crippen molar-refractivity contribution in [1.29, 1.82) is 0 Å². The average Bonchev–Trinajstić information content (AvgIpc) is 3.42. The maximum absolute atomic E-state index is 14.5. The van der Waals surface area contributed by atoms with E-state index in [4.69, 9.17) is 19.6 Å². The molecule has 1 aliphatic rings. The molecule has 4 aromatic carbocycles. The summed E-state index contributed by atoms with van der Waals surface area (Å²) in [7, 11) is 0. The van der Waals surface area contributed by atoms with Gasteiger partial charge >= 0.3 is 0 Å². The fraction of sp³-hybridized carbons (Fsp3) is 0.200. The lowest BCUT2D eigenvalue weighted by Gasteiger charge is -2.30. The van der Waals surface area contributed by atoms with E-state index < -0.39 is 29.2 Å². The van der Waals surface area contributed by atoms with Gasteiger partial charge in [-0.15, -0.1) is 0 Å². The van der Waals surface area contributed by atoms with Crippen LogP contribution in [0.4, 0.5) is 8.78 Å². The molecule has 0 spiro atoms. The Morgan fingerprint density at radius 1 is 1.02 bits per heavy atom. The number of aliphatic hydroxyl groups excluding tert-OH is 1. The van der Waals surface area contributed by atoms with Crippen molar-refractivity contribution < 1.29 is 28.2 Å². The Labute approximate surface area is 263 Å². The van der Waals surface area contributed by atoms with Crippen molar-refractivity contribution in [1.82, 2.24) is 5.32 Å². The number of carbonyl (C=O) groups excluding carboxylic acids is 1. The van der Waals surface area contributed by atoms with E-state index in [0.717, 1.165) is 22.2 Å². The molecule has 2 N–H and O–H groups in total. The highest BCUT2D eigenvalue weighted by Crippen LogP contribution is 2.45. The van der Waals surface area contributed by atoms with E-state index in [1.165, 1.54) is 6.07 Å². The zero-order valence-corrected chi connectivity index (χ0v) is 25.3. The minimum Gasteiger partial charge on any atom is -0.494 e. The van der Waals surface area contributed by atoms with Crippen molar-refractivity contribution >= 4 is 33.8 Å². The van der Waals surface area contributed by atoms with Crippen LogP contribution in [0.15, 0.2) is 113 Å². The number of carbonyl (C=O) groups is 1. The molecule has 5 rings (SSSR count). The van der Waals surface area contributed by atoms with Crippen molar-refractivity contribution in [2.45, 2.75) is 31.0 Å². The summed E-state index contributed by atoms with van der Waals surface area (Å²) in [4.78, 5) is 19.2. The lowest BCUT2D eigenvalue weighted by atomic mass is 9.84. The van der Waals surface area contributed by atoms with Crippen LogP contribution < -0.4 is 10.1 Å². The summed E-state index contributed by atoms with van der Waals surface area (Å²) in [5.41, 5.74) is 0.979. The maximum atomic E-state index is 14.5. The summed E-state index contributed by atoms with van der Waals surface area (Å²) in [5, 5.41) is 11.9. The Morgan fingerprint density at radius 2 is 1.77 bits per heavy atom. The smallest absolute Gasteiger partial charge is 0.252 e. The lowest BCUT2D eigenvalue weighted by molar-refractivity contribution is -0.129. The van der Waals surface area contributed by atoms with E-state index in [-0.39, 0.29) is 31.0 Å². The number of halogens is 3. The molecule has 4 aromatic rings. The van der Waals surface area contributed by atoms with E-state index in [2.05, 4.69) is 21.2 Å². The minimum absolute atomic E-state index is 0.0375. The first-order chi connectivity index (χ1) is 21.4. The van der Waals surface area contributed by atoms with Gasteiger partial charge in [0, 0.05) is 53.2 Å². The van der Waals surface area contributed by atoms with Crippen LogP contribution in [0.2, 0.25) is 0 Å². The molecule has 2 atom stereocenters. The Morgan fingerprint density at radius 3 is 2.50 bits per heavy atom. The van der Waals surface area contributed by atoms with Gasteiger partial charge in [0.25, 0.3) is 5.91 Å². The number of amides is 1. The topological polar surface area (TPSA) is 80.2 Å². The molecule has 1 aliphatic heterocycles. The highest BCUT2D eigenvalue weighted by atomic mass is 79.9. The second-order valence-corrected chi connectivity index (χ2v) is 11.1. The van der Waals surface area contributed by atoms with Crippen LogP contribution in [0.3, 0.4) is 0 Å². The quantitative estimate of drug-likeness (QED) is 0.158. The molecule has 0 fully saturated rings. The standard InChI is InChI=1S/C35H31BrF2N2O4/c36-30-12-5-4-11-29(30)32-35(19-6-10-24-8-2-1-3-9-24,34(42)39-23-26-13-16-27(37)22-31(26)38)40-33(44-32)25-14-17-28(18-15-25)43-21-7-20-41/h1-6,8-18,22,32,41H,7,19-21,23H2,(H,39,42)/b10-6+/t32-,35-/m1/s1.